The minimum Gasteiger partial charge on any atom is -0.480 e. The number of primary amides is 1. The summed E-state index contributed by atoms with van der Waals surface area (Å²) in [7, 11) is 0. The molecule has 3 unspecified atom stereocenters. The summed E-state index contributed by atoms with van der Waals surface area (Å²) in [5, 5.41) is 16.2. The molecule has 0 fully saturated rings. The molecular weight excluding hydrogens is 400 g/mol. The number of carboxylic acids is 1. The number of carboxylic acid groups (broad SMARTS) is 1. The van der Waals surface area contributed by atoms with E-state index >= 15 is 0 Å². The molecule has 0 spiro atoms. The summed E-state index contributed by atoms with van der Waals surface area (Å²) in [5.41, 5.74) is 20.8. The summed E-state index contributed by atoms with van der Waals surface area (Å²) in [6, 6.07) is -3.34. The second-order valence-electron chi connectivity index (χ2n) is 6.48. The number of hydrogen-bond acceptors (Lipinski definition) is 7. The normalized spacial score (nSPS) is 13.3. The number of hydrogen-bond donors (Lipinski definition) is 8. The van der Waals surface area contributed by atoms with Crippen molar-refractivity contribution in [1.82, 2.24) is 16.0 Å². The van der Waals surface area contributed by atoms with Crippen LogP contribution in [0.5, 0.6) is 0 Å². The van der Waals surface area contributed by atoms with E-state index in [0.29, 0.717) is 0 Å². The summed E-state index contributed by atoms with van der Waals surface area (Å²) < 4.78 is 0. The second-order valence-corrected chi connectivity index (χ2v) is 6.48. The Labute approximate surface area is 173 Å². The predicted octanol–water partition coefficient (Wildman–Crippen LogP) is -4.18. The molecule has 0 heterocycles. The molecule has 0 aliphatic carbocycles. The van der Waals surface area contributed by atoms with Gasteiger partial charge in [-0.15, -0.1) is 0 Å². The van der Waals surface area contributed by atoms with Crippen molar-refractivity contribution >= 4 is 35.6 Å². The van der Waals surface area contributed by atoms with Crippen LogP contribution < -0.4 is 38.9 Å². The fourth-order valence-electron chi connectivity index (χ4n) is 2.16. The van der Waals surface area contributed by atoms with Gasteiger partial charge in [-0.25, -0.2) is 4.79 Å². The average molecular weight is 430 g/mol. The maximum Gasteiger partial charge on any atom is 0.326 e. The Morgan fingerprint density at radius 1 is 0.967 bits per heavy atom. The zero-order valence-corrected chi connectivity index (χ0v) is 16.7. The van der Waals surface area contributed by atoms with Crippen molar-refractivity contribution in [3.8, 4) is 0 Å². The van der Waals surface area contributed by atoms with E-state index in [1.807, 2.05) is 0 Å². The average Bonchev–Trinajstić information content (AvgIpc) is 2.64. The number of amides is 4. The van der Waals surface area contributed by atoms with Gasteiger partial charge in [0.2, 0.25) is 23.6 Å². The van der Waals surface area contributed by atoms with E-state index in [0.717, 1.165) is 0 Å². The van der Waals surface area contributed by atoms with Gasteiger partial charge in [0, 0.05) is 13.0 Å². The van der Waals surface area contributed by atoms with Crippen LogP contribution in [0.2, 0.25) is 0 Å². The Morgan fingerprint density at radius 3 is 2.10 bits per heavy atom. The van der Waals surface area contributed by atoms with Crippen LogP contribution in [0, 0.1) is 0 Å². The zero-order chi connectivity index (χ0) is 23.3. The second kappa shape index (κ2) is 13.7. The topological polar surface area (TPSA) is 258 Å². The molecule has 0 saturated carbocycles. The monoisotopic (exact) mass is 430 g/mol. The Kier molecular flexibility index (Phi) is 12.1. The standard InChI is InChI=1S/C16H30N8O6/c1-8(17)13(27)22-7-12(26)23-9(4-5-11(18)25)14(28)24-10(15(29)30)3-2-6-21-16(19)20/h8-10H,2-7,17H2,1H3,(H2,18,25)(H,22,27)(H,23,26)(H,24,28)(H,29,30)(H4,19,20,21). The number of carbonyl (C=O) groups is 5. The molecule has 4 amide bonds. The summed E-state index contributed by atoms with van der Waals surface area (Å²) in [6.45, 7) is 1.14. The molecule has 0 aliphatic rings. The molecule has 0 aromatic carbocycles. The van der Waals surface area contributed by atoms with Crippen molar-refractivity contribution in [3.05, 3.63) is 0 Å². The summed E-state index contributed by atoms with van der Waals surface area (Å²) >= 11 is 0. The van der Waals surface area contributed by atoms with Crippen LogP contribution in [0.1, 0.15) is 32.6 Å². The fourth-order valence-corrected chi connectivity index (χ4v) is 2.16. The van der Waals surface area contributed by atoms with Crippen LogP contribution >= 0.6 is 0 Å². The Hall–Kier alpha value is -3.42. The number of nitrogens with zero attached hydrogens (tertiary/aromatic N) is 1. The molecule has 0 aromatic rings. The van der Waals surface area contributed by atoms with Gasteiger partial charge in [0.1, 0.15) is 12.1 Å². The first-order valence-electron chi connectivity index (χ1n) is 9.13. The lowest BCUT2D eigenvalue weighted by atomic mass is 10.1. The van der Waals surface area contributed by atoms with Crippen molar-refractivity contribution in [2.24, 2.45) is 27.9 Å². The lowest BCUT2D eigenvalue weighted by Crippen LogP contribution is -2.53. The quantitative estimate of drug-likeness (QED) is 0.0753. The molecule has 0 aliphatic heterocycles. The van der Waals surface area contributed by atoms with Crippen LogP contribution in [0.15, 0.2) is 4.99 Å². The van der Waals surface area contributed by atoms with Gasteiger partial charge in [0.15, 0.2) is 5.96 Å². The molecule has 0 aromatic heterocycles. The summed E-state index contributed by atoms with van der Waals surface area (Å²) in [4.78, 5) is 62.1. The summed E-state index contributed by atoms with van der Waals surface area (Å²) in [5.74, 6) is -4.27. The smallest absolute Gasteiger partial charge is 0.326 e. The predicted molar refractivity (Wildman–Crippen MR) is 106 cm³/mol. The Morgan fingerprint density at radius 2 is 1.60 bits per heavy atom. The lowest BCUT2D eigenvalue weighted by Gasteiger charge is -2.21. The maximum atomic E-state index is 12.5. The van der Waals surface area contributed by atoms with Crippen LogP contribution in [0.4, 0.5) is 0 Å². The third-order valence-electron chi connectivity index (χ3n) is 3.73. The molecular formula is C16H30N8O6. The van der Waals surface area contributed by atoms with Crippen LogP contribution in [-0.2, 0) is 24.0 Å². The molecule has 3 atom stereocenters. The van der Waals surface area contributed by atoms with E-state index in [1.165, 1.54) is 6.92 Å². The highest BCUT2D eigenvalue weighted by Crippen LogP contribution is 2.03. The lowest BCUT2D eigenvalue weighted by molar-refractivity contribution is -0.142. The van der Waals surface area contributed by atoms with E-state index in [2.05, 4.69) is 20.9 Å². The largest absolute Gasteiger partial charge is 0.480 e. The zero-order valence-electron chi connectivity index (χ0n) is 16.7. The van der Waals surface area contributed by atoms with Gasteiger partial charge in [-0.1, -0.05) is 0 Å². The van der Waals surface area contributed by atoms with E-state index in [1.54, 1.807) is 0 Å². The van der Waals surface area contributed by atoms with E-state index in [4.69, 9.17) is 22.9 Å². The van der Waals surface area contributed by atoms with Gasteiger partial charge in [0.25, 0.3) is 0 Å². The van der Waals surface area contributed by atoms with Crippen molar-refractivity contribution < 1.29 is 29.1 Å². The van der Waals surface area contributed by atoms with Crippen molar-refractivity contribution in [2.45, 2.75) is 50.7 Å². The van der Waals surface area contributed by atoms with Gasteiger partial charge >= 0.3 is 5.97 Å². The van der Waals surface area contributed by atoms with Gasteiger partial charge in [-0.3, -0.25) is 24.2 Å². The van der Waals surface area contributed by atoms with E-state index in [-0.39, 0.29) is 38.2 Å². The Balaban J connectivity index is 4.97. The minimum atomic E-state index is -1.29. The van der Waals surface area contributed by atoms with Crippen molar-refractivity contribution in [1.29, 1.82) is 0 Å². The van der Waals surface area contributed by atoms with Gasteiger partial charge in [0.05, 0.1) is 12.6 Å². The fraction of sp³-hybridized carbons (Fsp3) is 0.625. The Bertz CT molecular complexity index is 662. The number of guanidine groups is 1. The third-order valence-corrected chi connectivity index (χ3v) is 3.73. The molecule has 0 saturated heterocycles. The number of carbonyl (C=O) groups excluding carboxylic acids is 4. The molecule has 0 radical (unpaired) electrons. The first-order valence-corrected chi connectivity index (χ1v) is 9.13. The highest BCUT2D eigenvalue weighted by Gasteiger charge is 2.26. The van der Waals surface area contributed by atoms with E-state index < -0.39 is 54.3 Å². The number of aliphatic imine (C=N–C) groups is 1. The first-order chi connectivity index (χ1) is 13.9. The maximum absolute atomic E-state index is 12.5. The van der Waals surface area contributed by atoms with Crippen LogP contribution in [-0.4, -0.2) is 71.9 Å². The number of aliphatic carboxylic acids is 1. The molecule has 14 heteroatoms. The molecule has 12 N–H and O–H groups in total. The minimum absolute atomic E-state index is 0.0266. The number of nitrogens with one attached hydrogen (secondary N) is 3. The highest BCUT2D eigenvalue weighted by molar-refractivity contribution is 5.92. The first kappa shape index (κ1) is 26.6. The van der Waals surface area contributed by atoms with Crippen LogP contribution in [0.3, 0.4) is 0 Å². The molecule has 14 nitrogen and oxygen atoms in total. The van der Waals surface area contributed by atoms with Crippen molar-refractivity contribution in [2.75, 3.05) is 13.1 Å². The van der Waals surface area contributed by atoms with Gasteiger partial charge in [-0.2, -0.15) is 0 Å². The number of nitrogens with two attached hydrogens (primary N) is 4. The molecule has 30 heavy (non-hydrogen) atoms. The number of rotatable bonds is 14. The molecule has 0 bridgehead atoms. The SMILES string of the molecule is CC(N)C(=O)NCC(=O)NC(CCC(N)=O)C(=O)NC(CCCN=C(N)N)C(=O)O. The summed E-state index contributed by atoms with van der Waals surface area (Å²) in [6.07, 6.45) is -0.0865. The van der Waals surface area contributed by atoms with Gasteiger partial charge in [-0.05, 0) is 26.2 Å². The van der Waals surface area contributed by atoms with Gasteiger partial charge < -0.3 is 44.0 Å². The molecule has 170 valence electrons. The third kappa shape index (κ3) is 12.1. The van der Waals surface area contributed by atoms with Crippen molar-refractivity contribution in [3.63, 3.8) is 0 Å². The molecule has 0 rings (SSSR count). The highest BCUT2D eigenvalue weighted by atomic mass is 16.4. The van der Waals surface area contributed by atoms with E-state index in [9.17, 15) is 29.1 Å². The van der Waals surface area contributed by atoms with Crippen LogP contribution in [0.25, 0.3) is 0 Å².